The van der Waals surface area contributed by atoms with E-state index in [1.807, 2.05) is 48.5 Å². The van der Waals surface area contributed by atoms with Crippen LogP contribution < -0.4 is 20.7 Å². The van der Waals surface area contributed by atoms with Gasteiger partial charge in [-0.2, -0.15) is 0 Å². The highest BCUT2D eigenvalue weighted by Crippen LogP contribution is 2.32. The van der Waals surface area contributed by atoms with Gasteiger partial charge in [0.1, 0.15) is 25.0 Å². The number of rotatable bonds is 12. The summed E-state index contributed by atoms with van der Waals surface area (Å²) in [6.45, 7) is 0.488. The molecule has 214 valence electrons. The SMILES string of the molecule is O=C(NCCC[C@H]1Oc2ccc(C[C@H](NC(=O)OCc3ccccc3)C(=O)O)cc2NC1=O)OCc1ccccc1. The molecule has 0 aliphatic carbocycles. The number of carbonyl (C=O) groups is 4. The van der Waals surface area contributed by atoms with Crippen molar-refractivity contribution in [3.63, 3.8) is 0 Å². The maximum absolute atomic E-state index is 12.6. The molecule has 1 aliphatic heterocycles. The van der Waals surface area contributed by atoms with Crippen molar-refractivity contribution in [1.82, 2.24) is 10.6 Å². The third kappa shape index (κ3) is 8.99. The number of nitrogens with one attached hydrogen (secondary N) is 3. The molecule has 4 N–H and O–H groups in total. The molecule has 0 saturated heterocycles. The Kier molecular flexibility index (Phi) is 10.1. The van der Waals surface area contributed by atoms with E-state index in [1.165, 1.54) is 0 Å². The molecule has 1 aliphatic rings. The lowest BCUT2D eigenvalue weighted by Gasteiger charge is -2.26. The lowest BCUT2D eigenvalue weighted by molar-refractivity contribution is -0.139. The number of alkyl carbamates (subject to hydrolysis) is 2. The normalized spacial score (nSPS) is 14.4. The van der Waals surface area contributed by atoms with Gasteiger partial charge in [-0.05, 0) is 41.7 Å². The Morgan fingerprint density at radius 1 is 0.878 bits per heavy atom. The predicted molar refractivity (Wildman–Crippen MR) is 148 cm³/mol. The summed E-state index contributed by atoms with van der Waals surface area (Å²) in [4.78, 5) is 48.4. The van der Waals surface area contributed by atoms with Crippen molar-refractivity contribution in [2.45, 2.75) is 44.6 Å². The molecule has 11 heteroatoms. The molecular weight excluding hydrogens is 530 g/mol. The van der Waals surface area contributed by atoms with Crippen LogP contribution >= 0.6 is 0 Å². The van der Waals surface area contributed by atoms with Gasteiger partial charge in [0.25, 0.3) is 5.91 Å². The van der Waals surface area contributed by atoms with Gasteiger partial charge in [0.05, 0.1) is 5.69 Å². The van der Waals surface area contributed by atoms with Crippen LogP contribution in [0.15, 0.2) is 78.9 Å². The third-order valence-electron chi connectivity index (χ3n) is 6.23. The predicted octanol–water partition coefficient (Wildman–Crippen LogP) is 4.01. The molecule has 0 unspecified atom stereocenters. The first kappa shape index (κ1) is 28.9. The van der Waals surface area contributed by atoms with Gasteiger partial charge in [0.2, 0.25) is 0 Å². The summed E-state index contributed by atoms with van der Waals surface area (Å²) < 4.78 is 16.1. The van der Waals surface area contributed by atoms with Gasteiger partial charge < -0.3 is 35.3 Å². The van der Waals surface area contributed by atoms with Crippen LogP contribution in [0.3, 0.4) is 0 Å². The van der Waals surface area contributed by atoms with Crippen LogP contribution in [0.4, 0.5) is 15.3 Å². The van der Waals surface area contributed by atoms with Gasteiger partial charge in [0.15, 0.2) is 6.10 Å². The largest absolute Gasteiger partial charge is 0.480 e. The van der Waals surface area contributed by atoms with Gasteiger partial charge >= 0.3 is 18.2 Å². The lowest BCUT2D eigenvalue weighted by atomic mass is 10.0. The highest BCUT2D eigenvalue weighted by molar-refractivity contribution is 5.97. The Hall–Kier alpha value is -5.06. The fraction of sp³-hybridized carbons (Fsp3) is 0.267. The molecule has 0 radical (unpaired) electrons. The number of aliphatic carboxylic acids is 1. The van der Waals surface area contributed by atoms with Gasteiger partial charge in [-0.3, -0.25) is 4.79 Å². The minimum Gasteiger partial charge on any atom is -0.480 e. The van der Waals surface area contributed by atoms with E-state index in [0.29, 0.717) is 36.4 Å². The van der Waals surface area contributed by atoms with E-state index in [9.17, 15) is 24.3 Å². The van der Waals surface area contributed by atoms with E-state index in [1.54, 1.807) is 30.3 Å². The molecule has 3 aromatic rings. The second-order valence-electron chi connectivity index (χ2n) is 9.36. The zero-order valence-electron chi connectivity index (χ0n) is 22.2. The second-order valence-corrected chi connectivity index (χ2v) is 9.36. The van der Waals surface area contributed by atoms with Crippen molar-refractivity contribution < 1.29 is 38.5 Å². The van der Waals surface area contributed by atoms with E-state index in [4.69, 9.17) is 14.2 Å². The fourth-order valence-electron chi connectivity index (χ4n) is 4.11. The smallest absolute Gasteiger partial charge is 0.408 e. The van der Waals surface area contributed by atoms with Gasteiger partial charge in [-0.25, -0.2) is 14.4 Å². The summed E-state index contributed by atoms with van der Waals surface area (Å²) in [5, 5.41) is 17.4. The van der Waals surface area contributed by atoms with Crippen LogP contribution in [0.25, 0.3) is 0 Å². The number of carbonyl (C=O) groups excluding carboxylic acids is 3. The Morgan fingerprint density at radius 2 is 1.51 bits per heavy atom. The Bertz CT molecular complexity index is 1350. The monoisotopic (exact) mass is 561 g/mol. The molecule has 11 nitrogen and oxygen atoms in total. The van der Waals surface area contributed by atoms with E-state index < -0.39 is 30.3 Å². The number of hydrogen-bond acceptors (Lipinski definition) is 7. The number of amides is 3. The first-order chi connectivity index (χ1) is 19.9. The van der Waals surface area contributed by atoms with Crippen molar-refractivity contribution in [2.24, 2.45) is 0 Å². The highest BCUT2D eigenvalue weighted by atomic mass is 16.6. The minimum absolute atomic E-state index is 0.0107. The molecule has 3 aromatic carbocycles. The minimum atomic E-state index is -1.24. The molecule has 2 atom stereocenters. The average Bonchev–Trinajstić information content (AvgIpc) is 2.98. The van der Waals surface area contributed by atoms with Crippen LogP contribution in [0.5, 0.6) is 5.75 Å². The number of anilines is 1. The first-order valence-corrected chi connectivity index (χ1v) is 13.1. The second kappa shape index (κ2) is 14.4. The molecular formula is C30H31N3O8. The van der Waals surface area contributed by atoms with Gasteiger partial charge in [-0.1, -0.05) is 66.7 Å². The molecule has 4 rings (SSSR count). The van der Waals surface area contributed by atoms with Crippen molar-refractivity contribution in [3.8, 4) is 5.75 Å². The highest BCUT2D eigenvalue weighted by Gasteiger charge is 2.28. The lowest BCUT2D eigenvalue weighted by Crippen LogP contribution is -2.42. The third-order valence-corrected chi connectivity index (χ3v) is 6.23. The number of fused-ring (bicyclic) bond motifs is 1. The van der Waals surface area contributed by atoms with E-state index >= 15 is 0 Å². The van der Waals surface area contributed by atoms with Crippen molar-refractivity contribution in [2.75, 3.05) is 11.9 Å². The summed E-state index contributed by atoms with van der Waals surface area (Å²) >= 11 is 0. The molecule has 0 fully saturated rings. The maximum atomic E-state index is 12.6. The van der Waals surface area contributed by atoms with Crippen LogP contribution in [-0.2, 0) is 38.7 Å². The Balaban J connectivity index is 1.22. The standard InChI is InChI=1S/C30H31N3O8/c34-27-26(12-7-15-31-29(37)39-18-20-8-3-1-4-9-20)41-25-14-13-22(16-23(25)32-27)17-24(28(35)36)33-30(38)40-19-21-10-5-2-6-11-21/h1-6,8-11,13-14,16,24,26H,7,12,15,17-19H2,(H,31,37)(H,32,34)(H,33,38)(H,35,36)/t24-,26+/m0/s1. The molecule has 41 heavy (non-hydrogen) atoms. The maximum Gasteiger partial charge on any atom is 0.408 e. The van der Waals surface area contributed by atoms with Gasteiger partial charge in [0, 0.05) is 13.0 Å². The molecule has 0 aromatic heterocycles. The summed E-state index contributed by atoms with van der Waals surface area (Å²) in [6, 6.07) is 22.0. The zero-order valence-corrected chi connectivity index (χ0v) is 22.2. The fourth-order valence-corrected chi connectivity index (χ4v) is 4.11. The van der Waals surface area contributed by atoms with Crippen molar-refractivity contribution in [3.05, 3.63) is 95.6 Å². The summed E-state index contributed by atoms with van der Waals surface area (Å²) in [7, 11) is 0. The number of hydrogen-bond donors (Lipinski definition) is 4. The van der Waals surface area contributed by atoms with Crippen molar-refractivity contribution in [1.29, 1.82) is 0 Å². The number of carboxylic acids is 1. The van der Waals surface area contributed by atoms with Gasteiger partial charge in [-0.15, -0.1) is 0 Å². The Morgan fingerprint density at radius 3 is 2.15 bits per heavy atom. The molecule has 0 saturated carbocycles. The van der Waals surface area contributed by atoms with Crippen LogP contribution in [0.1, 0.15) is 29.5 Å². The average molecular weight is 562 g/mol. The van der Waals surface area contributed by atoms with E-state index in [0.717, 1.165) is 11.1 Å². The number of carboxylic acid groups (broad SMARTS) is 1. The molecule has 0 bridgehead atoms. The summed E-state index contributed by atoms with van der Waals surface area (Å²) in [5.74, 6) is -1.13. The molecule has 0 spiro atoms. The number of ether oxygens (including phenoxy) is 3. The van der Waals surface area contributed by atoms with Crippen LogP contribution in [0.2, 0.25) is 0 Å². The molecule has 1 heterocycles. The van der Waals surface area contributed by atoms with Crippen LogP contribution in [0, 0.1) is 0 Å². The number of benzene rings is 3. The van der Waals surface area contributed by atoms with Crippen molar-refractivity contribution >= 4 is 29.8 Å². The van der Waals surface area contributed by atoms with E-state index in [-0.39, 0.29) is 25.5 Å². The quantitative estimate of drug-likeness (QED) is 0.242. The summed E-state index contributed by atoms with van der Waals surface area (Å²) in [5.41, 5.74) is 2.63. The molecule has 3 amide bonds. The summed E-state index contributed by atoms with van der Waals surface area (Å²) in [6.07, 6.45) is -1.32. The first-order valence-electron chi connectivity index (χ1n) is 13.1. The Labute approximate surface area is 236 Å². The van der Waals surface area contributed by atoms with Crippen LogP contribution in [-0.4, -0.2) is 47.9 Å². The zero-order chi connectivity index (χ0) is 29.0. The topological polar surface area (TPSA) is 152 Å². The van der Waals surface area contributed by atoms with E-state index in [2.05, 4.69) is 16.0 Å².